The summed E-state index contributed by atoms with van der Waals surface area (Å²) in [6.07, 6.45) is 1.17. The van der Waals surface area contributed by atoms with Gasteiger partial charge >= 0.3 is 12.1 Å². The molecule has 0 bridgehead atoms. The molecule has 0 saturated carbocycles. The second-order valence-corrected chi connectivity index (χ2v) is 3.38. The van der Waals surface area contributed by atoms with Gasteiger partial charge in [-0.1, -0.05) is 0 Å². The normalized spacial score (nSPS) is 21.3. The average molecular weight is 217 g/mol. The van der Waals surface area contributed by atoms with Crippen molar-refractivity contribution in [2.24, 2.45) is 0 Å². The number of hydrogen-bond donors (Lipinski definition) is 4. The quantitative estimate of drug-likeness (QED) is 0.480. The first-order chi connectivity index (χ1) is 7.11. The van der Waals surface area contributed by atoms with Crippen LogP contribution in [0.1, 0.15) is 19.3 Å². The summed E-state index contributed by atoms with van der Waals surface area (Å²) in [6.45, 7) is 0.256. The van der Waals surface area contributed by atoms with Crippen molar-refractivity contribution < 1.29 is 19.8 Å². The van der Waals surface area contributed by atoms with Gasteiger partial charge in [-0.25, -0.2) is 15.6 Å². The number of nitrogens with zero attached hydrogens (tertiary/aromatic N) is 1. The molecular formula is C8H15N3O4. The zero-order valence-electron chi connectivity index (χ0n) is 8.27. The molecule has 1 amide bonds. The van der Waals surface area contributed by atoms with Crippen molar-refractivity contribution in [3.05, 3.63) is 0 Å². The van der Waals surface area contributed by atoms with Crippen LogP contribution in [-0.2, 0) is 4.79 Å². The van der Waals surface area contributed by atoms with Crippen LogP contribution in [0.5, 0.6) is 0 Å². The molecule has 86 valence electrons. The number of piperidine rings is 1. The molecule has 0 aromatic carbocycles. The lowest BCUT2D eigenvalue weighted by molar-refractivity contribution is -0.136. The number of rotatable bonds is 4. The number of likely N-dealkylation sites (tertiary alicyclic amines) is 1. The van der Waals surface area contributed by atoms with Crippen LogP contribution in [0, 0.1) is 0 Å². The molecular weight excluding hydrogens is 202 g/mol. The van der Waals surface area contributed by atoms with Gasteiger partial charge in [0.15, 0.2) is 0 Å². The highest BCUT2D eigenvalue weighted by molar-refractivity contribution is 5.69. The molecule has 7 heteroatoms. The van der Waals surface area contributed by atoms with Crippen LogP contribution in [0.25, 0.3) is 0 Å². The van der Waals surface area contributed by atoms with Crippen molar-refractivity contribution in [3.8, 4) is 0 Å². The first-order valence-electron chi connectivity index (χ1n) is 4.81. The molecule has 1 fully saturated rings. The van der Waals surface area contributed by atoms with Gasteiger partial charge in [-0.3, -0.25) is 9.69 Å². The van der Waals surface area contributed by atoms with E-state index < -0.39 is 12.1 Å². The van der Waals surface area contributed by atoms with E-state index in [0.717, 1.165) is 12.8 Å². The molecule has 1 atom stereocenters. The first kappa shape index (κ1) is 11.7. The number of carboxylic acid groups (broad SMARTS) is 2. The Balaban J connectivity index is 2.36. The number of hydrogen-bond acceptors (Lipinski definition) is 4. The molecule has 1 unspecified atom stereocenters. The van der Waals surface area contributed by atoms with E-state index in [-0.39, 0.29) is 12.7 Å². The highest BCUT2D eigenvalue weighted by atomic mass is 16.4. The molecule has 0 aromatic rings. The van der Waals surface area contributed by atoms with E-state index in [9.17, 15) is 9.59 Å². The fourth-order valence-electron chi connectivity index (χ4n) is 1.56. The standard InChI is InChI=1S/C8H15N3O4/c12-7(13)5-9-10-6-3-1-2-4-11(6)8(14)15/h6,9-10H,1-5H2,(H,12,13)(H,14,15). The van der Waals surface area contributed by atoms with E-state index in [4.69, 9.17) is 10.2 Å². The van der Waals surface area contributed by atoms with Gasteiger partial charge in [0.25, 0.3) is 0 Å². The summed E-state index contributed by atoms with van der Waals surface area (Å²) in [5.74, 6) is -0.986. The molecule has 0 aliphatic carbocycles. The monoisotopic (exact) mass is 217 g/mol. The van der Waals surface area contributed by atoms with E-state index in [2.05, 4.69) is 10.9 Å². The van der Waals surface area contributed by atoms with E-state index in [1.807, 2.05) is 0 Å². The van der Waals surface area contributed by atoms with E-state index >= 15 is 0 Å². The fraction of sp³-hybridized carbons (Fsp3) is 0.750. The third-order valence-corrected chi connectivity index (χ3v) is 2.26. The van der Waals surface area contributed by atoms with Gasteiger partial charge in [0.1, 0.15) is 6.54 Å². The number of hydrazine groups is 1. The van der Waals surface area contributed by atoms with Gasteiger partial charge in [0.2, 0.25) is 0 Å². The van der Waals surface area contributed by atoms with Gasteiger partial charge in [0, 0.05) is 6.54 Å². The van der Waals surface area contributed by atoms with Crippen molar-refractivity contribution in [2.45, 2.75) is 25.4 Å². The summed E-state index contributed by atoms with van der Waals surface area (Å²) in [7, 11) is 0. The van der Waals surface area contributed by atoms with Crippen molar-refractivity contribution in [2.75, 3.05) is 13.1 Å². The zero-order chi connectivity index (χ0) is 11.3. The van der Waals surface area contributed by atoms with Gasteiger partial charge in [0.05, 0.1) is 6.17 Å². The fourth-order valence-corrected chi connectivity index (χ4v) is 1.56. The van der Waals surface area contributed by atoms with Crippen molar-refractivity contribution in [3.63, 3.8) is 0 Å². The Kier molecular flexibility index (Phi) is 4.32. The Morgan fingerprint density at radius 3 is 2.67 bits per heavy atom. The Bertz CT molecular complexity index is 246. The van der Waals surface area contributed by atoms with E-state index in [1.165, 1.54) is 4.90 Å². The predicted octanol–water partition coefficient (Wildman–Crippen LogP) is -0.345. The van der Waals surface area contributed by atoms with Crippen LogP contribution in [-0.4, -0.2) is 46.4 Å². The molecule has 1 aliphatic heterocycles. The van der Waals surface area contributed by atoms with Gasteiger partial charge < -0.3 is 10.2 Å². The molecule has 15 heavy (non-hydrogen) atoms. The van der Waals surface area contributed by atoms with E-state index in [0.29, 0.717) is 13.0 Å². The highest BCUT2D eigenvalue weighted by Gasteiger charge is 2.25. The first-order valence-corrected chi connectivity index (χ1v) is 4.81. The second-order valence-electron chi connectivity index (χ2n) is 3.38. The molecule has 0 aromatic heterocycles. The molecule has 1 aliphatic rings. The number of nitrogens with one attached hydrogen (secondary N) is 2. The number of carboxylic acids is 1. The molecule has 1 saturated heterocycles. The number of carbonyl (C=O) groups is 2. The SMILES string of the molecule is O=C(O)CNNC1CCCCN1C(=O)O. The Labute approximate surface area is 87.0 Å². The zero-order valence-corrected chi connectivity index (χ0v) is 8.27. The summed E-state index contributed by atoms with van der Waals surface area (Å²) >= 11 is 0. The summed E-state index contributed by atoms with van der Waals surface area (Å²) in [5.41, 5.74) is 5.18. The van der Waals surface area contributed by atoms with Crippen LogP contribution in [0.4, 0.5) is 4.79 Å². The highest BCUT2D eigenvalue weighted by Crippen LogP contribution is 2.14. The Hall–Kier alpha value is -1.34. The molecule has 4 N–H and O–H groups in total. The predicted molar refractivity (Wildman–Crippen MR) is 51.1 cm³/mol. The maximum atomic E-state index is 10.8. The van der Waals surface area contributed by atoms with Crippen molar-refractivity contribution in [1.29, 1.82) is 0 Å². The third kappa shape index (κ3) is 3.72. The lowest BCUT2D eigenvalue weighted by atomic mass is 10.1. The average Bonchev–Trinajstić information content (AvgIpc) is 2.17. The maximum Gasteiger partial charge on any atom is 0.408 e. The van der Waals surface area contributed by atoms with Crippen LogP contribution < -0.4 is 10.9 Å². The van der Waals surface area contributed by atoms with Gasteiger partial charge in [-0.2, -0.15) is 0 Å². The Morgan fingerprint density at radius 2 is 2.07 bits per heavy atom. The number of aliphatic carboxylic acids is 1. The van der Waals surface area contributed by atoms with Crippen LogP contribution >= 0.6 is 0 Å². The van der Waals surface area contributed by atoms with Crippen LogP contribution in [0.2, 0.25) is 0 Å². The molecule has 7 nitrogen and oxygen atoms in total. The number of amides is 1. The summed E-state index contributed by atoms with van der Waals surface area (Å²) < 4.78 is 0. The van der Waals surface area contributed by atoms with Gasteiger partial charge in [-0.15, -0.1) is 0 Å². The van der Waals surface area contributed by atoms with E-state index in [1.54, 1.807) is 0 Å². The summed E-state index contributed by atoms with van der Waals surface area (Å²) in [6, 6.07) is 0. The minimum atomic E-state index is -0.986. The summed E-state index contributed by atoms with van der Waals surface area (Å²) in [4.78, 5) is 22.3. The molecule has 0 radical (unpaired) electrons. The maximum absolute atomic E-state index is 10.8. The van der Waals surface area contributed by atoms with Crippen molar-refractivity contribution >= 4 is 12.1 Å². The van der Waals surface area contributed by atoms with Crippen molar-refractivity contribution in [1.82, 2.24) is 15.8 Å². The van der Waals surface area contributed by atoms with Crippen LogP contribution in [0.3, 0.4) is 0 Å². The lowest BCUT2D eigenvalue weighted by Crippen LogP contribution is -2.55. The molecule has 1 rings (SSSR count). The minimum absolute atomic E-state index is 0.232. The lowest BCUT2D eigenvalue weighted by Gasteiger charge is -2.33. The minimum Gasteiger partial charge on any atom is -0.480 e. The second kappa shape index (κ2) is 5.52. The smallest absolute Gasteiger partial charge is 0.408 e. The molecule has 1 heterocycles. The largest absolute Gasteiger partial charge is 0.480 e. The summed E-state index contributed by atoms with van der Waals surface area (Å²) in [5, 5.41) is 17.2. The molecule has 0 spiro atoms. The third-order valence-electron chi connectivity index (χ3n) is 2.26. The Morgan fingerprint density at radius 1 is 1.33 bits per heavy atom. The van der Waals surface area contributed by atoms with Gasteiger partial charge in [-0.05, 0) is 19.3 Å². The topological polar surface area (TPSA) is 102 Å². The van der Waals surface area contributed by atoms with Crippen LogP contribution in [0.15, 0.2) is 0 Å².